The number of hydrogen-bond donors (Lipinski definition) is 0. The summed E-state index contributed by atoms with van der Waals surface area (Å²) < 4.78 is 14.0. The first-order chi connectivity index (χ1) is 16.0. The molecule has 1 aromatic carbocycles. The molecule has 3 aromatic rings. The topological polar surface area (TPSA) is 43.9 Å². The number of halogens is 1. The Kier molecular flexibility index (Phi) is 6.32. The van der Waals surface area contributed by atoms with Gasteiger partial charge >= 0.3 is 0 Å². The van der Waals surface area contributed by atoms with Crippen LogP contribution >= 0.6 is 22.7 Å². The fraction of sp³-hybridized carbons (Fsp3) is 0.360. The number of hydrogen-bond acceptors (Lipinski definition) is 5. The molecule has 0 bridgehead atoms. The number of fused-ring (bicyclic) bond motifs is 1. The SMILES string of the molecule is C[C@H]1CN(C(=O)CN2CCc3sccc3[C@@H]2c2cccc(F)c2)CCN1C(=O)c1cccs1. The number of rotatable bonds is 4. The Bertz CT molecular complexity index is 1150. The number of carbonyl (C=O) groups is 2. The van der Waals surface area contributed by atoms with Gasteiger partial charge in [0.1, 0.15) is 5.82 Å². The number of benzene rings is 1. The van der Waals surface area contributed by atoms with E-state index in [1.807, 2.05) is 40.3 Å². The molecule has 2 aliphatic rings. The molecule has 5 rings (SSSR count). The van der Waals surface area contributed by atoms with E-state index in [2.05, 4.69) is 16.3 Å². The highest BCUT2D eigenvalue weighted by Gasteiger charge is 2.35. The highest BCUT2D eigenvalue weighted by molar-refractivity contribution is 7.12. The fourth-order valence-electron chi connectivity index (χ4n) is 4.91. The van der Waals surface area contributed by atoms with E-state index in [9.17, 15) is 14.0 Å². The molecule has 2 aliphatic heterocycles. The number of amides is 2. The molecule has 2 aromatic heterocycles. The Hall–Kier alpha value is -2.55. The second-order valence-corrected chi connectivity index (χ2v) is 10.6. The molecule has 8 heteroatoms. The molecule has 2 atom stereocenters. The van der Waals surface area contributed by atoms with E-state index in [0.29, 0.717) is 19.6 Å². The predicted molar refractivity (Wildman–Crippen MR) is 129 cm³/mol. The number of carbonyl (C=O) groups excluding carboxylic acids is 2. The van der Waals surface area contributed by atoms with E-state index in [4.69, 9.17) is 0 Å². The summed E-state index contributed by atoms with van der Waals surface area (Å²) in [6, 6.07) is 12.4. The van der Waals surface area contributed by atoms with Gasteiger partial charge in [-0.1, -0.05) is 18.2 Å². The third kappa shape index (κ3) is 4.47. The van der Waals surface area contributed by atoms with Crippen molar-refractivity contribution in [3.8, 4) is 0 Å². The molecule has 0 aliphatic carbocycles. The van der Waals surface area contributed by atoms with Gasteiger partial charge in [-0.3, -0.25) is 14.5 Å². The summed E-state index contributed by atoms with van der Waals surface area (Å²) in [4.78, 5) is 34.0. The monoisotopic (exact) mass is 483 g/mol. The average molecular weight is 484 g/mol. The van der Waals surface area contributed by atoms with Crippen molar-refractivity contribution in [3.05, 3.63) is 79.9 Å². The molecular formula is C25H26FN3O2S2. The van der Waals surface area contributed by atoms with Crippen molar-refractivity contribution < 1.29 is 14.0 Å². The predicted octanol–water partition coefficient (Wildman–Crippen LogP) is 4.27. The lowest BCUT2D eigenvalue weighted by Crippen LogP contribution is -2.57. The highest BCUT2D eigenvalue weighted by atomic mass is 32.1. The molecule has 1 fully saturated rings. The van der Waals surface area contributed by atoms with E-state index in [1.54, 1.807) is 23.5 Å². The van der Waals surface area contributed by atoms with E-state index in [1.165, 1.54) is 27.8 Å². The molecule has 0 N–H and O–H groups in total. The first-order valence-corrected chi connectivity index (χ1v) is 12.9. The zero-order valence-electron chi connectivity index (χ0n) is 18.4. The average Bonchev–Trinajstić information content (AvgIpc) is 3.50. The standard InChI is InChI=1S/C25H26FN3O2S2/c1-17-15-27(10-11-29(17)25(31)22-6-3-12-32-22)23(30)16-28-9-7-21-20(8-13-33-21)24(28)18-4-2-5-19(26)14-18/h2-6,8,12-14,17,24H,7,9-11,15-16H2,1H3/t17-,24-/m0/s1. The van der Waals surface area contributed by atoms with Gasteiger partial charge in [0.25, 0.3) is 5.91 Å². The summed E-state index contributed by atoms with van der Waals surface area (Å²) in [5.74, 6) is -0.163. The molecule has 0 spiro atoms. The number of piperazine rings is 1. The Morgan fingerprint density at radius 2 is 1.94 bits per heavy atom. The van der Waals surface area contributed by atoms with Crippen LogP contribution in [-0.2, 0) is 11.2 Å². The maximum atomic E-state index is 14.0. The zero-order valence-corrected chi connectivity index (χ0v) is 20.1. The van der Waals surface area contributed by atoms with Crippen molar-refractivity contribution in [2.24, 2.45) is 0 Å². The number of nitrogens with zero attached hydrogens (tertiary/aromatic N) is 3. The Morgan fingerprint density at radius 1 is 1.06 bits per heavy atom. The second-order valence-electron chi connectivity index (χ2n) is 8.64. The van der Waals surface area contributed by atoms with Crippen molar-refractivity contribution in [1.82, 2.24) is 14.7 Å². The van der Waals surface area contributed by atoms with Gasteiger partial charge in [0, 0.05) is 37.1 Å². The van der Waals surface area contributed by atoms with Crippen molar-refractivity contribution in [1.29, 1.82) is 0 Å². The zero-order chi connectivity index (χ0) is 22.9. The van der Waals surface area contributed by atoms with Crippen LogP contribution in [-0.4, -0.2) is 65.3 Å². The Balaban J connectivity index is 1.29. The number of thiophene rings is 2. The molecule has 172 valence electrons. The van der Waals surface area contributed by atoms with Crippen LogP contribution in [0.5, 0.6) is 0 Å². The van der Waals surface area contributed by atoms with Crippen LogP contribution in [0, 0.1) is 5.82 Å². The van der Waals surface area contributed by atoms with Crippen molar-refractivity contribution in [2.45, 2.75) is 25.4 Å². The molecule has 33 heavy (non-hydrogen) atoms. The minimum absolute atomic E-state index is 0.0387. The third-order valence-corrected chi connectivity index (χ3v) is 8.40. The largest absolute Gasteiger partial charge is 0.338 e. The highest BCUT2D eigenvalue weighted by Crippen LogP contribution is 2.37. The Morgan fingerprint density at radius 3 is 2.70 bits per heavy atom. The van der Waals surface area contributed by atoms with Crippen molar-refractivity contribution in [3.63, 3.8) is 0 Å². The van der Waals surface area contributed by atoms with Crippen molar-refractivity contribution in [2.75, 3.05) is 32.7 Å². The lowest BCUT2D eigenvalue weighted by atomic mass is 9.93. The van der Waals surface area contributed by atoms with Crippen LogP contribution < -0.4 is 0 Å². The lowest BCUT2D eigenvalue weighted by molar-refractivity contribution is -0.135. The Labute approximate surface area is 201 Å². The second kappa shape index (κ2) is 9.37. The van der Waals surface area contributed by atoms with Gasteiger partial charge in [-0.05, 0) is 59.5 Å². The maximum Gasteiger partial charge on any atom is 0.264 e. The van der Waals surface area contributed by atoms with E-state index < -0.39 is 0 Å². The lowest BCUT2D eigenvalue weighted by Gasteiger charge is -2.41. The summed E-state index contributed by atoms with van der Waals surface area (Å²) in [5, 5.41) is 3.98. The summed E-state index contributed by atoms with van der Waals surface area (Å²) in [7, 11) is 0. The van der Waals surface area contributed by atoms with Crippen molar-refractivity contribution >= 4 is 34.5 Å². The third-order valence-electron chi connectivity index (χ3n) is 6.54. The molecular weight excluding hydrogens is 457 g/mol. The molecule has 0 unspecified atom stereocenters. The van der Waals surface area contributed by atoms with E-state index in [-0.39, 0.29) is 36.3 Å². The van der Waals surface area contributed by atoms with Crippen LogP contribution in [0.25, 0.3) is 0 Å². The van der Waals surface area contributed by atoms with Gasteiger partial charge in [-0.2, -0.15) is 0 Å². The summed E-state index contributed by atoms with van der Waals surface area (Å²) in [6.07, 6.45) is 0.894. The molecule has 1 saturated heterocycles. The van der Waals surface area contributed by atoms with Crippen LogP contribution in [0.2, 0.25) is 0 Å². The van der Waals surface area contributed by atoms with Gasteiger partial charge in [0.15, 0.2) is 0 Å². The molecule has 4 heterocycles. The molecule has 2 amide bonds. The molecule has 0 radical (unpaired) electrons. The van der Waals surface area contributed by atoms with Crippen LogP contribution in [0.4, 0.5) is 4.39 Å². The van der Waals surface area contributed by atoms with Crippen LogP contribution in [0.3, 0.4) is 0 Å². The smallest absolute Gasteiger partial charge is 0.264 e. The molecule has 0 saturated carbocycles. The first-order valence-electron chi connectivity index (χ1n) is 11.2. The summed E-state index contributed by atoms with van der Waals surface area (Å²) >= 11 is 3.17. The quantitative estimate of drug-likeness (QED) is 0.557. The summed E-state index contributed by atoms with van der Waals surface area (Å²) in [5.41, 5.74) is 2.05. The summed E-state index contributed by atoms with van der Waals surface area (Å²) in [6.45, 7) is 4.63. The van der Waals surface area contributed by atoms with Gasteiger partial charge in [0.05, 0.1) is 17.5 Å². The normalized spacial score (nSPS) is 21.2. The van der Waals surface area contributed by atoms with Crippen LogP contribution in [0.1, 0.15) is 38.6 Å². The fourth-order valence-corrected chi connectivity index (χ4v) is 6.49. The van der Waals surface area contributed by atoms with Gasteiger partial charge in [-0.15, -0.1) is 22.7 Å². The van der Waals surface area contributed by atoms with Crippen LogP contribution in [0.15, 0.2) is 53.2 Å². The van der Waals surface area contributed by atoms with Gasteiger partial charge in [-0.25, -0.2) is 4.39 Å². The minimum atomic E-state index is -0.263. The minimum Gasteiger partial charge on any atom is -0.338 e. The maximum absolute atomic E-state index is 14.0. The van der Waals surface area contributed by atoms with E-state index >= 15 is 0 Å². The van der Waals surface area contributed by atoms with Gasteiger partial charge < -0.3 is 9.80 Å². The van der Waals surface area contributed by atoms with Gasteiger partial charge in [0.2, 0.25) is 5.91 Å². The van der Waals surface area contributed by atoms with E-state index in [0.717, 1.165) is 23.4 Å². The molecule has 5 nitrogen and oxygen atoms in total. The first kappa shape index (κ1) is 22.3.